The Labute approximate surface area is 112 Å². The Kier molecular flexibility index (Phi) is 2.59. The number of benzene rings is 1. The Hall–Kier alpha value is -1.82. The largest absolute Gasteiger partial charge is 0.497 e. The van der Waals surface area contributed by atoms with Crippen molar-refractivity contribution in [2.24, 2.45) is 0 Å². The van der Waals surface area contributed by atoms with E-state index in [4.69, 9.17) is 4.74 Å². The average Bonchev–Trinajstić information content (AvgIpc) is 2.91. The molecule has 5 nitrogen and oxygen atoms in total. The van der Waals surface area contributed by atoms with E-state index in [2.05, 4.69) is 31.0 Å². The molecule has 0 aliphatic carbocycles. The van der Waals surface area contributed by atoms with Crippen LogP contribution in [0.15, 0.2) is 28.9 Å². The van der Waals surface area contributed by atoms with Crippen molar-refractivity contribution < 1.29 is 4.74 Å². The van der Waals surface area contributed by atoms with Gasteiger partial charge >= 0.3 is 0 Å². The molecule has 0 bridgehead atoms. The molecule has 0 aliphatic heterocycles. The maximum absolute atomic E-state index is 5.20. The number of nitrogens with zero attached hydrogens (tertiary/aromatic N) is 3. The van der Waals surface area contributed by atoms with Gasteiger partial charge in [0.15, 0.2) is 5.82 Å². The molecule has 0 saturated carbocycles. The lowest BCUT2D eigenvalue weighted by Gasteiger charge is -2.01. The molecule has 1 aromatic carbocycles. The topological polar surface area (TPSA) is 55.2 Å². The molecule has 0 saturated heterocycles. The van der Waals surface area contributed by atoms with Crippen molar-refractivity contribution in [3.63, 3.8) is 0 Å². The summed E-state index contributed by atoms with van der Waals surface area (Å²) in [6.07, 6.45) is 0. The fraction of sp³-hybridized carbons (Fsp3) is 0.167. The van der Waals surface area contributed by atoms with Crippen molar-refractivity contribution in [2.45, 2.75) is 6.92 Å². The van der Waals surface area contributed by atoms with Gasteiger partial charge in [0, 0.05) is 5.56 Å². The third kappa shape index (κ3) is 1.69. The van der Waals surface area contributed by atoms with Crippen LogP contribution in [0, 0.1) is 6.92 Å². The lowest BCUT2D eigenvalue weighted by molar-refractivity contribution is 0.415. The minimum atomic E-state index is 0.650. The number of aromatic nitrogens is 4. The zero-order valence-corrected chi connectivity index (χ0v) is 11.5. The van der Waals surface area contributed by atoms with Gasteiger partial charge in [-0.05, 0) is 35.0 Å². The smallest absolute Gasteiger partial charge is 0.252 e. The number of rotatable bonds is 2. The first-order chi connectivity index (χ1) is 8.69. The van der Waals surface area contributed by atoms with Crippen molar-refractivity contribution in [1.29, 1.82) is 0 Å². The Balaban J connectivity index is 2.13. The fourth-order valence-corrected chi connectivity index (χ4v) is 2.14. The first-order valence-electron chi connectivity index (χ1n) is 5.44. The molecule has 0 amide bonds. The molecule has 3 rings (SSSR count). The monoisotopic (exact) mass is 306 g/mol. The van der Waals surface area contributed by atoms with Gasteiger partial charge in [-0.25, -0.2) is 9.50 Å². The van der Waals surface area contributed by atoms with Gasteiger partial charge in [-0.1, -0.05) is 12.1 Å². The summed E-state index contributed by atoms with van der Waals surface area (Å²) in [6.45, 7) is 1.93. The van der Waals surface area contributed by atoms with Crippen LogP contribution in [0.2, 0.25) is 0 Å². The van der Waals surface area contributed by atoms with Crippen LogP contribution in [0.5, 0.6) is 5.75 Å². The number of fused-ring (bicyclic) bond motifs is 1. The molecule has 0 fully saturated rings. The molecular weight excluding hydrogens is 296 g/mol. The first kappa shape index (κ1) is 11.3. The van der Waals surface area contributed by atoms with E-state index in [1.807, 2.05) is 35.7 Å². The van der Waals surface area contributed by atoms with E-state index < -0.39 is 0 Å². The normalized spacial score (nSPS) is 11.1. The number of hydrogen-bond donors (Lipinski definition) is 1. The number of methoxy groups -OCH3 is 1. The van der Waals surface area contributed by atoms with Gasteiger partial charge in [0.05, 0.1) is 12.8 Å². The first-order valence-corrected chi connectivity index (χ1v) is 6.23. The zero-order valence-electron chi connectivity index (χ0n) is 9.94. The van der Waals surface area contributed by atoms with E-state index >= 15 is 0 Å². The molecule has 3 aromatic rings. The second kappa shape index (κ2) is 4.13. The van der Waals surface area contributed by atoms with Crippen LogP contribution in [0.1, 0.15) is 5.69 Å². The highest BCUT2D eigenvalue weighted by Crippen LogP contribution is 2.23. The number of H-pyrrole nitrogens is 1. The van der Waals surface area contributed by atoms with Crippen molar-refractivity contribution in [1.82, 2.24) is 19.6 Å². The predicted octanol–water partition coefficient (Wildman–Crippen LogP) is 2.80. The van der Waals surface area contributed by atoms with Crippen LogP contribution in [-0.2, 0) is 0 Å². The Morgan fingerprint density at radius 1 is 1.33 bits per heavy atom. The summed E-state index contributed by atoms with van der Waals surface area (Å²) in [7, 11) is 1.65. The van der Waals surface area contributed by atoms with E-state index in [-0.39, 0.29) is 0 Å². The third-order valence-corrected chi connectivity index (χ3v) is 3.66. The highest BCUT2D eigenvalue weighted by molar-refractivity contribution is 9.10. The molecule has 0 unspecified atom stereocenters. The van der Waals surface area contributed by atoms with Crippen LogP contribution >= 0.6 is 15.9 Å². The van der Waals surface area contributed by atoms with Gasteiger partial charge in [0.2, 0.25) is 0 Å². The summed E-state index contributed by atoms with van der Waals surface area (Å²) in [4.78, 5) is 8.79. The summed E-state index contributed by atoms with van der Waals surface area (Å²) in [6, 6.07) is 7.73. The van der Waals surface area contributed by atoms with E-state index in [0.717, 1.165) is 27.4 Å². The van der Waals surface area contributed by atoms with Gasteiger partial charge in [-0.15, -0.1) is 0 Å². The maximum Gasteiger partial charge on any atom is 0.252 e. The molecule has 92 valence electrons. The van der Waals surface area contributed by atoms with E-state index in [1.54, 1.807) is 7.11 Å². The third-order valence-electron chi connectivity index (χ3n) is 2.74. The molecular formula is C12H11BrN4O. The highest BCUT2D eigenvalue weighted by atomic mass is 79.9. The Morgan fingerprint density at radius 3 is 2.89 bits per heavy atom. The van der Waals surface area contributed by atoms with Gasteiger partial charge < -0.3 is 4.74 Å². The van der Waals surface area contributed by atoms with Gasteiger partial charge in [0.1, 0.15) is 10.4 Å². The fourth-order valence-electron chi connectivity index (χ4n) is 1.80. The molecule has 2 aromatic heterocycles. The Bertz CT molecular complexity index is 716. The molecule has 0 atom stereocenters. The van der Waals surface area contributed by atoms with E-state index in [0.29, 0.717) is 5.78 Å². The molecule has 6 heteroatoms. The van der Waals surface area contributed by atoms with Crippen LogP contribution in [0.4, 0.5) is 0 Å². The van der Waals surface area contributed by atoms with Crippen molar-refractivity contribution in [3.8, 4) is 17.1 Å². The van der Waals surface area contributed by atoms with E-state index in [9.17, 15) is 0 Å². The standard InChI is InChI=1S/C12H11BrN4O/c1-7-10(13)17-12(14-7)15-11(16-17)8-4-3-5-9(6-8)18-2/h3-6H,1-2H3,(H,14,15,16). The molecule has 0 spiro atoms. The van der Waals surface area contributed by atoms with Crippen molar-refractivity contribution in [2.75, 3.05) is 7.11 Å². The highest BCUT2D eigenvalue weighted by Gasteiger charge is 2.12. The lowest BCUT2D eigenvalue weighted by atomic mass is 10.2. The lowest BCUT2D eigenvalue weighted by Crippen LogP contribution is -1.87. The van der Waals surface area contributed by atoms with Crippen LogP contribution < -0.4 is 4.74 Å². The van der Waals surface area contributed by atoms with Crippen molar-refractivity contribution >= 4 is 21.7 Å². The summed E-state index contributed by atoms with van der Waals surface area (Å²) in [5.41, 5.74) is 1.87. The zero-order chi connectivity index (χ0) is 12.7. The quantitative estimate of drug-likeness (QED) is 0.792. The Morgan fingerprint density at radius 2 is 2.17 bits per heavy atom. The van der Waals surface area contributed by atoms with Crippen LogP contribution in [-0.4, -0.2) is 26.7 Å². The molecule has 0 radical (unpaired) electrons. The summed E-state index contributed by atoms with van der Waals surface area (Å²) >= 11 is 3.47. The molecule has 1 N–H and O–H groups in total. The van der Waals surface area contributed by atoms with Crippen molar-refractivity contribution in [3.05, 3.63) is 34.6 Å². The molecule has 18 heavy (non-hydrogen) atoms. The number of aryl methyl sites for hydroxylation is 1. The minimum Gasteiger partial charge on any atom is -0.497 e. The number of hydrogen-bond acceptors (Lipinski definition) is 3. The number of imidazole rings is 1. The molecule has 0 aliphatic rings. The average molecular weight is 307 g/mol. The summed E-state index contributed by atoms with van der Waals surface area (Å²) < 4.78 is 7.90. The van der Waals surface area contributed by atoms with Gasteiger partial charge in [0.25, 0.3) is 5.78 Å². The summed E-state index contributed by atoms with van der Waals surface area (Å²) in [5, 5.41) is 3.19. The summed E-state index contributed by atoms with van der Waals surface area (Å²) in [5.74, 6) is 2.21. The SMILES string of the molecule is COc1cccc(-c2nc3nc(C)c(Br)n3[nH]2)c1. The van der Waals surface area contributed by atoms with Gasteiger partial charge in [-0.2, -0.15) is 4.98 Å². The second-order valence-corrected chi connectivity index (χ2v) is 4.68. The predicted molar refractivity (Wildman–Crippen MR) is 71.8 cm³/mol. The van der Waals surface area contributed by atoms with E-state index in [1.165, 1.54) is 0 Å². The van der Waals surface area contributed by atoms with Crippen LogP contribution in [0.25, 0.3) is 17.2 Å². The number of ether oxygens (including phenoxy) is 1. The minimum absolute atomic E-state index is 0.650. The number of nitrogens with one attached hydrogen (secondary N) is 1. The second-order valence-electron chi connectivity index (χ2n) is 3.93. The molecule has 2 heterocycles. The van der Waals surface area contributed by atoms with Gasteiger partial charge in [-0.3, -0.25) is 5.10 Å². The maximum atomic E-state index is 5.20. The number of aromatic amines is 1. The number of halogens is 1. The van der Waals surface area contributed by atoms with Crippen LogP contribution in [0.3, 0.4) is 0 Å².